The second kappa shape index (κ2) is 6.95. The molecule has 0 N–H and O–H groups in total. The van der Waals surface area contributed by atoms with Crippen molar-refractivity contribution in [1.82, 2.24) is 0 Å². The van der Waals surface area contributed by atoms with Gasteiger partial charge in [-0.15, -0.1) is 0 Å². The average molecular weight is 333 g/mol. The van der Waals surface area contributed by atoms with E-state index >= 15 is 0 Å². The van der Waals surface area contributed by atoms with Crippen LogP contribution in [0.2, 0.25) is 25.2 Å². The Balaban J connectivity index is 2.00. The molecule has 0 saturated carbocycles. The van der Waals surface area contributed by atoms with Crippen molar-refractivity contribution in [2.45, 2.75) is 39.0 Å². The number of rotatable bonds is 5. The normalized spacial score (nSPS) is 15.5. The van der Waals surface area contributed by atoms with Crippen LogP contribution in [0.25, 0.3) is 0 Å². The van der Waals surface area contributed by atoms with E-state index in [0.29, 0.717) is 0 Å². The molecule has 2 aromatic rings. The zero-order chi connectivity index (χ0) is 15.5. The van der Waals surface area contributed by atoms with Crippen LogP contribution in [0.4, 0.5) is 0 Å². The lowest BCUT2D eigenvalue weighted by molar-refractivity contribution is 1.35. The molecule has 3 heteroatoms. The molecule has 0 aliphatic rings. The third kappa shape index (κ3) is 4.57. The smallest absolute Gasteiger partial charge is 0.161 e. The van der Waals surface area contributed by atoms with Crippen molar-refractivity contribution in [3.05, 3.63) is 59.7 Å². The summed E-state index contributed by atoms with van der Waals surface area (Å²) in [4.78, 5) is 0. The van der Waals surface area contributed by atoms with Gasteiger partial charge in [-0.05, 0) is 25.1 Å². The average Bonchev–Trinajstić information content (AvgIpc) is 2.46. The van der Waals surface area contributed by atoms with Gasteiger partial charge >= 0.3 is 0 Å². The number of benzene rings is 2. The summed E-state index contributed by atoms with van der Waals surface area (Å²) in [7, 11) is -2.67. The van der Waals surface area contributed by atoms with Gasteiger partial charge in [-0.25, -0.2) is 0 Å². The molecule has 21 heavy (non-hydrogen) atoms. The summed E-state index contributed by atoms with van der Waals surface area (Å²) in [5, 5.41) is 2.94. The Bertz CT molecular complexity index is 573. The number of hydrogen-bond acceptors (Lipinski definition) is 0. The molecular formula is C18H25ClSi2. The first kappa shape index (κ1) is 16.5. The van der Waals surface area contributed by atoms with Gasteiger partial charge in [0.1, 0.15) is 0 Å². The molecule has 0 heterocycles. The highest BCUT2D eigenvalue weighted by Crippen LogP contribution is 2.19. The predicted octanol–water partition coefficient (Wildman–Crippen LogP) is 4.09. The van der Waals surface area contributed by atoms with E-state index < -0.39 is 16.2 Å². The lowest BCUT2D eigenvalue weighted by atomic mass is 10.2. The minimum atomic E-state index is -1.80. The summed E-state index contributed by atoms with van der Waals surface area (Å²) in [6.07, 6.45) is 0. The molecule has 0 aliphatic heterocycles. The quantitative estimate of drug-likeness (QED) is 0.571. The van der Waals surface area contributed by atoms with E-state index in [-0.39, 0.29) is 0 Å². The van der Waals surface area contributed by atoms with E-state index in [9.17, 15) is 0 Å². The fraction of sp³-hybridized carbons (Fsp3) is 0.333. The second-order valence-electron chi connectivity index (χ2n) is 6.41. The van der Waals surface area contributed by atoms with Crippen LogP contribution in [-0.4, -0.2) is 16.2 Å². The lowest BCUT2D eigenvalue weighted by Gasteiger charge is -2.22. The molecule has 0 fully saturated rings. The summed E-state index contributed by atoms with van der Waals surface area (Å²) in [5.41, 5.74) is 2.65. The molecule has 2 aromatic carbocycles. The Labute approximate surface area is 136 Å². The van der Waals surface area contributed by atoms with Gasteiger partial charge in [-0.3, -0.25) is 0 Å². The third-order valence-corrected chi connectivity index (χ3v) is 11.6. The summed E-state index contributed by atoms with van der Waals surface area (Å²) in [6, 6.07) is 20.4. The standard InChI is InChI=1S/C18H25ClSi2/c1-15-5-9-17(10-6-15)20(3)13-14-21(4,19)18-11-7-16(2)8-12-18/h5-12,20H,13-14H2,1-4H3. The van der Waals surface area contributed by atoms with E-state index in [1.165, 1.54) is 28.4 Å². The van der Waals surface area contributed by atoms with Crippen LogP contribution in [0.1, 0.15) is 11.1 Å². The van der Waals surface area contributed by atoms with Crippen LogP contribution >= 0.6 is 11.1 Å². The Kier molecular flexibility index (Phi) is 5.47. The zero-order valence-electron chi connectivity index (χ0n) is 13.5. The van der Waals surface area contributed by atoms with Gasteiger partial charge < -0.3 is 0 Å². The summed E-state index contributed by atoms with van der Waals surface area (Å²) >= 11 is 6.93. The fourth-order valence-electron chi connectivity index (χ4n) is 2.59. The Morgan fingerprint density at radius 2 is 1.38 bits per heavy atom. The maximum atomic E-state index is 6.93. The molecule has 0 saturated heterocycles. The van der Waals surface area contributed by atoms with Gasteiger partial charge in [-0.1, -0.05) is 84.0 Å². The minimum Gasteiger partial charge on any atom is -0.161 e. The van der Waals surface area contributed by atoms with Crippen LogP contribution in [0.5, 0.6) is 0 Å². The largest absolute Gasteiger partial charge is 0.183 e. The Morgan fingerprint density at radius 1 is 0.905 bits per heavy atom. The highest BCUT2D eigenvalue weighted by Gasteiger charge is 2.27. The molecule has 2 unspecified atom stereocenters. The van der Waals surface area contributed by atoms with Crippen molar-refractivity contribution in [1.29, 1.82) is 0 Å². The highest BCUT2D eigenvalue weighted by molar-refractivity contribution is 7.27. The molecule has 2 rings (SSSR count). The molecular weight excluding hydrogens is 308 g/mol. The van der Waals surface area contributed by atoms with Crippen molar-refractivity contribution < 1.29 is 0 Å². The van der Waals surface area contributed by atoms with Crippen molar-refractivity contribution in [2.75, 3.05) is 0 Å². The number of hydrogen-bond donors (Lipinski definition) is 0. The summed E-state index contributed by atoms with van der Waals surface area (Å²) in [5.74, 6) is 0. The van der Waals surface area contributed by atoms with Crippen molar-refractivity contribution in [3.8, 4) is 0 Å². The first-order valence-corrected chi connectivity index (χ1v) is 14.0. The van der Waals surface area contributed by atoms with E-state index in [0.717, 1.165) is 0 Å². The molecule has 0 aromatic heterocycles. The van der Waals surface area contributed by atoms with Gasteiger partial charge in [0.2, 0.25) is 0 Å². The minimum absolute atomic E-state index is 0.864. The third-order valence-electron chi connectivity index (χ3n) is 4.35. The zero-order valence-corrected chi connectivity index (χ0v) is 16.4. The van der Waals surface area contributed by atoms with Crippen LogP contribution < -0.4 is 10.4 Å². The van der Waals surface area contributed by atoms with Crippen LogP contribution in [0.15, 0.2) is 48.5 Å². The van der Waals surface area contributed by atoms with Crippen molar-refractivity contribution >= 4 is 37.6 Å². The summed E-state index contributed by atoms with van der Waals surface area (Å²) in [6.45, 7) is 9.01. The molecule has 2 atom stereocenters. The molecule has 0 nitrogen and oxygen atoms in total. The fourth-order valence-corrected chi connectivity index (χ4v) is 10.2. The lowest BCUT2D eigenvalue weighted by Crippen LogP contribution is -2.40. The topological polar surface area (TPSA) is 0 Å². The maximum absolute atomic E-state index is 6.93. The number of halogens is 1. The molecule has 0 radical (unpaired) electrons. The maximum Gasteiger partial charge on any atom is 0.183 e. The molecule has 0 bridgehead atoms. The van der Waals surface area contributed by atoms with Crippen LogP contribution in [0, 0.1) is 13.8 Å². The van der Waals surface area contributed by atoms with Crippen molar-refractivity contribution in [3.63, 3.8) is 0 Å². The Hall–Kier alpha value is -0.836. The van der Waals surface area contributed by atoms with Gasteiger partial charge in [-0.2, -0.15) is 11.1 Å². The summed E-state index contributed by atoms with van der Waals surface area (Å²) < 4.78 is 0. The second-order valence-corrected chi connectivity index (χ2v) is 15.4. The van der Waals surface area contributed by atoms with Crippen LogP contribution in [0.3, 0.4) is 0 Å². The van der Waals surface area contributed by atoms with Gasteiger partial charge in [0.15, 0.2) is 7.38 Å². The SMILES string of the molecule is Cc1ccc([SiH](C)CC[Si](C)(Cl)c2ccc(C)cc2)cc1. The van der Waals surface area contributed by atoms with E-state index in [4.69, 9.17) is 11.1 Å². The van der Waals surface area contributed by atoms with E-state index in [2.05, 4.69) is 75.5 Å². The first-order valence-electron chi connectivity index (χ1n) is 7.71. The predicted molar refractivity (Wildman–Crippen MR) is 102 cm³/mol. The Morgan fingerprint density at radius 3 is 1.90 bits per heavy atom. The van der Waals surface area contributed by atoms with E-state index in [1.54, 1.807) is 5.19 Å². The molecule has 0 amide bonds. The molecule has 0 spiro atoms. The van der Waals surface area contributed by atoms with Gasteiger partial charge in [0.25, 0.3) is 0 Å². The van der Waals surface area contributed by atoms with Gasteiger partial charge in [0.05, 0.1) is 8.80 Å². The van der Waals surface area contributed by atoms with Gasteiger partial charge in [0, 0.05) is 0 Å². The monoisotopic (exact) mass is 332 g/mol. The van der Waals surface area contributed by atoms with E-state index in [1.807, 2.05) is 0 Å². The first-order chi connectivity index (χ1) is 9.88. The molecule has 0 aliphatic carbocycles. The molecule has 112 valence electrons. The van der Waals surface area contributed by atoms with Crippen molar-refractivity contribution in [2.24, 2.45) is 0 Å². The van der Waals surface area contributed by atoms with Crippen LogP contribution in [-0.2, 0) is 0 Å². The highest BCUT2D eigenvalue weighted by atomic mass is 35.6. The number of aryl methyl sites for hydroxylation is 2.